The van der Waals surface area contributed by atoms with Gasteiger partial charge in [-0.25, -0.2) is 0 Å². The van der Waals surface area contributed by atoms with Gasteiger partial charge in [0.25, 0.3) is 0 Å². The Hall–Kier alpha value is 0.394. The highest BCUT2D eigenvalue weighted by Gasteiger charge is 2.16. The highest BCUT2D eigenvalue weighted by molar-refractivity contribution is 6.50. The Morgan fingerprint density at radius 2 is 1.78 bits per heavy atom. The van der Waals surface area contributed by atoms with Gasteiger partial charge in [0.1, 0.15) is 0 Å². The molecule has 9 heavy (non-hydrogen) atoms. The highest BCUT2D eigenvalue weighted by Crippen LogP contribution is 2.07. The third-order valence-electron chi connectivity index (χ3n) is 1.41. The molecule has 0 aromatic heterocycles. The molecule has 0 saturated heterocycles. The minimum absolute atomic E-state index is 0.0116. The molecule has 0 saturated carbocycles. The predicted molar refractivity (Wildman–Crippen MR) is 48.4 cm³/mol. The Morgan fingerprint density at radius 3 is 1.89 bits per heavy atom. The Bertz CT molecular complexity index is 81.1. The SMILES string of the molecule is C[SiH2]C(C)(C)O[SiH](C)C. The van der Waals surface area contributed by atoms with Crippen molar-refractivity contribution in [3.63, 3.8) is 0 Å². The average Bonchev–Trinajstić information content (AvgIpc) is 1.63. The number of hydrogen-bond acceptors (Lipinski definition) is 1. The van der Waals surface area contributed by atoms with Gasteiger partial charge in [-0.3, -0.25) is 0 Å². The van der Waals surface area contributed by atoms with Crippen molar-refractivity contribution < 1.29 is 4.43 Å². The maximum atomic E-state index is 5.79. The van der Waals surface area contributed by atoms with Gasteiger partial charge in [0, 0.05) is 5.22 Å². The monoisotopic (exact) mass is 162 g/mol. The summed E-state index contributed by atoms with van der Waals surface area (Å²) >= 11 is 0. The summed E-state index contributed by atoms with van der Waals surface area (Å²) in [5.41, 5.74) is 0. The van der Waals surface area contributed by atoms with Gasteiger partial charge < -0.3 is 4.43 Å². The highest BCUT2D eigenvalue weighted by atomic mass is 28.3. The van der Waals surface area contributed by atoms with Crippen LogP contribution in [0.25, 0.3) is 0 Å². The first-order chi connectivity index (χ1) is 3.98. The molecule has 0 aliphatic rings. The molecule has 0 amide bonds. The van der Waals surface area contributed by atoms with Crippen LogP contribution in [-0.4, -0.2) is 23.8 Å². The largest absolute Gasteiger partial charge is 0.419 e. The topological polar surface area (TPSA) is 9.23 Å². The third kappa shape index (κ3) is 4.87. The van der Waals surface area contributed by atoms with Crippen molar-refractivity contribution in [3.8, 4) is 0 Å². The van der Waals surface area contributed by atoms with E-state index in [0.717, 1.165) is 0 Å². The molecule has 1 nitrogen and oxygen atoms in total. The molecular formula is C6H18OSi2. The van der Waals surface area contributed by atoms with E-state index >= 15 is 0 Å². The van der Waals surface area contributed by atoms with Gasteiger partial charge in [-0.15, -0.1) is 0 Å². The first-order valence-electron chi connectivity index (χ1n) is 3.66. The summed E-state index contributed by atoms with van der Waals surface area (Å²) in [4.78, 5) is 0. The van der Waals surface area contributed by atoms with E-state index in [4.69, 9.17) is 4.43 Å². The average molecular weight is 162 g/mol. The molecule has 0 aromatic carbocycles. The zero-order chi connectivity index (χ0) is 7.49. The quantitative estimate of drug-likeness (QED) is 0.561. The summed E-state index contributed by atoms with van der Waals surface area (Å²) in [7, 11) is -0.767. The van der Waals surface area contributed by atoms with E-state index in [1.54, 1.807) is 0 Å². The van der Waals surface area contributed by atoms with Crippen LogP contribution in [0.1, 0.15) is 13.8 Å². The van der Waals surface area contributed by atoms with Crippen molar-refractivity contribution in [2.24, 2.45) is 0 Å². The summed E-state index contributed by atoms with van der Waals surface area (Å²) in [6.45, 7) is 11.2. The van der Waals surface area contributed by atoms with E-state index in [9.17, 15) is 0 Å². The molecule has 0 fully saturated rings. The van der Waals surface area contributed by atoms with Crippen LogP contribution in [0.5, 0.6) is 0 Å². The second-order valence-corrected chi connectivity index (χ2v) is 8.02. The van der Waals surface area contributed by atoms with Crippen LogP contribution < -0.4 is 0 Å². The molecule has 3 heteroatoms. The number of rotatable bonds is 3. The van der Waals surface area contributed by atoms with Crippen LogP contribution in [0.15, 0.2) is 0 Å². The van der Waals surface area contributed by atoms with Crippen molar-refractivity contribution in [3.05, 3.63) is 0 Å². The van der Waals surface area contributed by atoms with Crippen molar-refractivity contribution in [2.45, 2.75) is 38.7 Å². The zero-order valence-electron chi connectivity index (χ0n) is 7.19. The molecule has 0 N–H and O–H groups in total. The Labute approximate surface area is 62.4 Å². The molecule has 0 rings (SSSR count). The predicted octanol–water partition coefficient (Wildman–Crippen LogP) is 0.939. The molecule has 0 aliphatic carbocycles. The number of hydrogen-bond donors (Lipinski definition) is 0. The fraction of sp³-hybridized carbons (Fsp3) is 1.00. The van der Waals surface area contributed by atoms with E-state index in [1.807, 2.05) is 0 Å². The van der Waals surface area contributed by atoms with Crippen molar-refractivity contribution >= 4 is 18.6 Å². The van der Waals surface area contributed by atoms with Crippen LogP contribution >= 0.6 is 0 Å². The van der Waals surface area contributed by atoms with Gasteiger partial charge in [-0.1, -0.05) is 6.55 Å². The van der Waals surface area contributed by atoms with Gasteiger partial charge in [-0.05, 0) is 26.9 Å². The minimum atomic E-state index is -0.778. The van der Waals surface area contributed by atoms with Crippen molar-refractivity contribution in [1.82, 2.24) is 0 Å². The van der Waals surface area contributed by atoms with E-state index in [1.165, 1.54) is 0 Å². The second-order valence-electron chi connectivity index (χ2n) is 3.28. The normalized spacial score (nSPS) is 14.0. The lowest BCUT2D eigenvalue weighted by Gasteiger charge is -2.25. The minimum Gasteiger partial charge on any atom is -0.419 e. The zero-order valence-corrected chi connectivity index (χ0v) is 9.76. The van der Waals surface area contributed by atoms with E-state index in [0.29, 0.717) is 0 Å². The molecular weight excluding hydrogens is 144 g/mol. The molecule has 0 aliphatic heterocycles. The van der Waals surface area contributed by atoms with Gasteiger partial charge in [0.05, 0.1) is 9.52 Å². The maximum Gasteiger partial charge on any atom is 0.171 e. The summed E-state index contributed by atoms with van der Waals surface area (Å²) in [5, 5.41) is 0.264. The van der Waals surface area contributed by atoms with Crippen molar-refractivity contribution in [2.75, 3.05) is 0 Å². The first kappa shape index (κ1) is 9.39. The van der Waals surface area contributed by atoms with Crippen LogP contribution in [0.3, 0.4) is 0 Å². The Morgan fingerprint density at radius 1 is 1.33 bits per heavy atom. The standard InChI is InChI=1S/C6H18OSi2/c1-6(2,8-3)7-9(4)5/h9H,8H2,1-5H3. The van der Waals surface area contributed by atoms with Gasteiger partial charge >= 0.3 is 0 Å². The maximum absolute atomic E-state index is 5.79. The third-order valence-corrected chi connectivity index (χ3v) is 4.72. The first-order valence-corrected chi connectivity index (χ1v) is 8.56. The van der Waals surface area contributed by atoms with Crippen LogP contribution in [0, 0.1) is 0 Å². The van der Waals surface area contributed by atoms with Crippen LogP contribution in [0.2, 0.25) is 19.6 Å². The fourth-order valence-electron chi connectivity index (χ4n) is 0.721. The van der Waals surface area contributed by atoms with Crippen LogP contribution in [0.4, 0.5) is 0 Å². The van der Waals surface area contributed by atoms with E-state index in [2.05, 4.69) is 33.5 Å². The molecule has 0 aromatic rings. The van der Waals surface area contributed by atoms with Gasteiger partial charge in [-0.2, -0.15) is 0 Å². The van der Waals surface area contributed by atoms with Crippen molar-refractivity contribution in [1.29, 1.82) is 0 Å². The Balaban J connectivity index is 3.58. The van der Waals surface area contributed by atoms with E-state index in [-0.39, 0.29) is 14.7 Å². The molecule has 56 valence electrons. The summed E-state index contributed by atoms with van der Waals surface area (Å²) in [6.07, 6.45) is 0. The molecule has 0 unspecified atom stereocenters. The lowest BCUT2D eigenvalue weighted by atomic mass is 10.5. The van der Waals surface area contributed by atoms with Crippen LogP contribution in [-0.2, 0) is 4.43 Å². The molecule has 0 atom stereocenters. The summed E-state index contributed by atoms with van der Waals surface area (Å²) in [6, 6.07) is 0. The smallest absolute Gasteiger partial charge is 0.171 e. The second kappa shape index (κ2) is 3.53. The molecule has 0 heterocycles. The molecule has 0 bridgehead atoms. The summed E-state index contributed by atoms with van der Waals surface area (Å²) < 4.78 is 5.79. The lowest BCUT2D eigenvalue weighted by molar-refractivity contribution is 0.197. The van der Waals surface area contributed by atoms with Gasteiger partial charge in [0.15, 0.2) is 9.04 Å². The summed E-state index contributed by atoms with van der Waals surface area (Å²) in [5.74, 6) is 0. The lowest BCUT2D eigenvalue weighted by Crippen LogP contribution is -2.34. The van der Waals surface area contributed by atoms with Gasteiger partial charge in [0.2, 0.25) is 0 Å². The fourth-order valence-corrected chi connectivity index (χ4v) is 3.66. The Kier molecular flexibility index (Phi) is 3.69. The molecule has 0 spiro atoms. The molecule has 0 radical (unpaired) electrons. The van der Waals surface area contributed by atoms with E-state index < -0.39 is 9.04 Å².